The van der Waals surface area contributed by atoms with Crippen LogP contribution in [0.5, 0.6) is 0 Å². The predicted octanol–water partition coefficient (Wildman–Crippen LogP) is 6.39. The number of nitrogens with one attached hydrogen (secondary N) is 1. The average Bonchev–Trinajstić information content (AvgIpc) is 3.23. The molecule has 34 heavy (non-hydrogen) atoms. The minimum atomic E-state index is -4.56. The number of hydrogen-bond donors (Lipinski definition) is 1. The highest BCUT2D eigenvalue weighted by Crippen LogP contribution is 2.34. The largest absolute Gasteiger partial charge is 0.416 e. The van der Waals surface area contributed by atoms with Gasteiger partial charge in [0.1, 0.15) is 0 Å². The Kier molecular flexibility index (Phi) is 7.11. The van der Waals surface area contributed by atoms with Crippen molar-refractivity contribution in [2.24, 2.45) is 0 Å². The van der Waals surface area contributed by atoms with E-state index in [9.17, 15) is 18.0 Å². The summed E-state index contributed by atoms with van der Waals surface area (Å²) in [7, 11) is 0. The Bertz CT molecular complexity index is 1310. The summed E-state index contributed by atoms with van der Waals surface area (Å²) in [5, 5.41) is 11.8. The standard InChI is InChI=1S/C22H14Cl2F3N5OS/c23-15-4-6-16(7-5-15)32-20(13-2-1-9-28-11-13)30-31-21(32)34-12-19(33)29-18-10-14(22(25,26)27)3-8-17(18)24/h1-11H,12H2,(H,29,33). The summed E-state index contributed by atoms with van der Waals surface area (Å²) < 4.78 is 40.7. The van der Waals surface area contributed by atoms with Crippen LogP contribution in [0.4, 0.5) is 18.9 Å². The summed E-state index contributed by atoms with van der Waals surface area (Å²) in [4.78, 5) is 16.6. The third kappa shape index (κ3) is 5.52. The van der Waals surface area contributed by atoms with Gasteiger partial charge in [-0.1, -0.05) is 35.0 Å². The van der Waals surface area contributed by atoms with Gasteiger partial charge in [0.05, 0.1) is 22.0 Å². The van der Waals surface area contributed by atoms with Crippen molar-refractivity contribution in [2.75, 3.05) is 11.1 Å². The number of thioether (sulfide) groups is 1. The molecular weight excluding hydrogens is 510 g/mol. The number of carbonyl (C=O) groups excluding carboxylic acids is 1. The molecule has 2 aromatic carbocycles. The summed E-state index contributed by atoms with van der Waals surface area (Å²) in [5.41, 5.74) is 0.370. The normalized spacial score (nSPS) is 11.4. The Balaban J connectivity index is 1.57. The molecule has 6 nitrogen and oxygen atoms in total. The van der Waals surface area contributed by atoms with E-state index < -0.39 is 17.6 Å². The molecular formula is C22H14Cl2F3N5OS. The number of amides is 1. The number of aromatic nitrogens is 4. The maximum atomic E-state index is 13.0. The van der Waals surface area contributed by atoms with E-state index in [-0.39, 0.29) is 16.5 Å². The summed E-state index contributed by atoms with van der Waals surface area (Å²) >= 11 is 13.0. The maximum absolute atomic E-state index is 13.0. The number of carbonyl (C=O) groups is 1. The molecule has 0 aliphatic heterocycles. The van der Waals surface area contributed by atoms with Gasteiger partial charge in [-0.2, -0.15) is 13.2 Å². The molecule has 4 aromatic rings. The highest BCUT2D eigenvalue weighted by molar-refractivity contribution is 7.99. The van der Waals surface area contributed by atoms with Crippen LogP contribution in [-0.4, -0.2) is 31.4 Å². The van der Waals surface area contributed by atoms with E-state index >= 15 is 0 Å². The molecule has 2 heterocycles. The number of halogens is 5. The van der Waals surface area contributed by atoms with Crippen molar-refractivity contribution < 1.29 is 18.0 Å². The first-order valence-electron chi connectivity index (χ1n) is 9.63. The SMILES string of the molecule is O=C(CSc1nnc(-c2cccnc2)n1-c1ccc(Cl)cc1)Nc1cc(C(F)(F)F)ccc1Cl. The smallest absolute Gasteiger partial charge is 0.324 e. The maximum Gasteiger partial charge on any atom is 0.416 e. The predicted molar refractivity (Wildman–Crippen MR) is 125 cm³/mol. The van der Waals surface area contributed by atoms with Gasteiger partial charge in [-0.25, -0.2) is 0 Å². The molecule has 0 bridgehead atoms. The van der Waals surface area contributed by atoms with E-state index in [4.69, 9.17) is 23.2 Å². The molecule has 0 saturated heterocycles. The quantitative estimate of drug-likeness (QED) is 0.296. The van der Waals surface area contributed by atoms with Crippen molar-refractivity contribution in [2.45, 2.75) is 11.3 Å². The van der Waals surface area contributed by atoms with Gasteiger partial charge < -0.3 is 5.32 Å². The number of pyridine rings is 1. The highest BCUT2D eigenvalue weighted by Gasteiger charge is 2.31. The Morgan fingerprint density at radius 2 is 1.82 bits per heavy atom. The van der Waals surface area contributed by atoms with Crippen molar-refractivity contribution in [1.29, 1.82) is 0 Å². The van der Waals surface area contributed by atoms with Crippen LogP contribution in [0.15, 0.2) is 72.1 Å². The Labute approximate surface area is 206 Å². The second kappa shape index (κ2) is 10.0. The van der Waals surface area contributed by atoms with Gasteiger partial charge in [0.15, 0.2) is 11.0 Å². The van der Waals surface area contributed by atoms with Crippen LogP contribution in [0, 0.1) is 0 Å². The molecule has 12 heteroatoms. The fourth-order valence-corrected chi connectivity index (χ4v) is 4.02. The highest BCUT2D eigenvalue weighted by atomic mass is 35.5. The van der Waals surface area contributed by atoms with Crippen LogP contribution in [-0.2, 0) is 11.0 Å². The fraction of sp³-hybridized carbons (Fsp3) is 0.0909. The van der Waals surface area contributed by atoms with Crippen LogP contribution in [0.3, 0.4) is 0 Å². The molecule has 0 atom stereocenters. The first-order chi connectivity index (χ1) is 16.2. The second-order valence-corrected chi connectivity index (χ2v) is 8.68. The van der Waals surface area contributed by atoms with E-state index in [0.717, 1.165) is 30.0 Å². The molecule has 0 aliphatic rings. The van der Waals surface area contributed by atoms with Gasteiger partial charge in [-0.05, 0) is 54.6 Å². The van der Waals surface area contributed by atoms with Crippen molar-refractivity contribution >= 4 is 46.6 Å². The lowest BCUT2D eigenvalue weighted by Gasteiger charge is -2.12. The molecule has 0 spiro atoms. The van der Waals surface area contributed by atoms with Gasteiger partial charge in [0.25, 0.3) is 0 Å². The van der Waals surface area contributed by atoms with Gasteiger partial charge in [0, 0.05) is 28.7 Å². The van der Waals surface area contributed by atoms with Gasteiger partial charge >= 0.3 is 6.18 Å². The van der Waals surface area contributed by atoms with E-state index in [1.54, 1.807) is 47.3 Å². The van der Waals surface area contributed by atoms with Crippen molar-refractivity contribution in [3.05, 3.63) is 82.6 Å². The lowest BCUT2D eigenvalue weighted by Crippen LogP contribution is -2.16. The Hall–Kier alpha value is -3.08. The first kappa shape index (κ1) is 24.1. The van der Waals surface area contributed by atoms with E-state index in [0.29, 0.717) is 27.3 Å². The third-order valence-electron chi connectivity index (χ3n) is 4.54. The summed E-state index contributed by atoms with van der Waals surface area (Å²) in [6.07, 6.45) is -1.30. The number of rotatable bonds is 6. The van der Waals surface area contributed by atoms with Gasteiger partial charge in [-0.15, -0.1) is 10.2 Å². The van der Waals surface area contributed by atoms with Crippen molar-refractivity contribution in [3.8, 4) is 17.1 Å². The van der Waals surface area contributed by atoms with Crippen LogP contribution in [0.25, 0.3) is 17.1 Å². The van der Waals surface area contributed by atoms with Crippen LogP contribution >= 0.6 is 35.0 Å². The number of nitrogens with zero attached hydrogens (tertiary/aromatic N) is 4. The zero-order valence-electron chi connectivity index (χ0n) is 17.1. The molecule has 1 N–H and O–H groups in total. The van der Waals surface area contributed by atoms with Crippen LogP contribution < -0.4 is 5.32 Å². The molecule has 2 aromatic heterocycles. The molecule has 174 valence electrons. The lowest BCUT2D eigenvalue weighted by atomic mass is 10.2. The second-order valence-electron chi connectivity index (χ2n) is 6.89. The number of hydrogen-bond acceptors (Lipinski definition) is 5. The van der Waals surface area contributed by atoms with E-state index in [2.05, 4.69) is 20.5 Å². The molecule has 0 saturated carbocycles. The summed E-state index contributed by atoms with van der Waals surface area (Å²) in [5.74, 6) is -0.204. The molecule has 4 rings (SSSR count). The fourth-order valence-electron chi connectivity index (χ4n) is 2.98. The molecule has 0 fully saturated rings. The van der Waals surface area contributed by atoms with Crippen LogP contribution in [0.1, 0.15) is 5.56 Å². The summed E-state index contributed by atoms with van der Waals surface area (Å²) in [6.45, 7) is 0. The van der Waals surface area contributed by atoms with Gasteiger partial charge in [-0.3, -0.25) is 14.3 Å². The Morgan fingerprint density at radius 3 is 2.50 bits per heavy atom. The summed E-state index contributed by atoms with van der Waals surface area (Å²) in [6, 6.07) is 13.3. The number of anilines is 1. The molecule has 1 amide bonds. The van der Waals surface area contributed by atoms with Crippen molar-refractivity contribution in [3.63, 3.8) is 0 Å². The third-order valence-corrected chi connectivity index (χ3v) is 6.05. The molecule has 0 radical (unpaired) electrons. The van der Waals surface area contributed by atoms with E-state index in [1.807, 2.05) is 6.07 Å². The first-order valence-corrected chi connectivity index (χ1v) is 11.4. The molecule has 0 unspecified atom stereocenters. The van der Waals surface area contributed by atoms with Crippen molar-refractivity contribution in [1.82, 2.24) is 19.7 Å². The minimum Gasteiger partial charge on any atom is -0.324 e. The number of alkyl halides is 3. The van der Waals surface area contributed by atoms with Crippen LogP contribution in [0.2, 0.25) is 10.0 Å². The average molecular weight is 524 g/mol. The zero-order chi connectivity index (χ0) is 24.3. The Morgan fingerprint density at radius 1 is 1.06 bits per heavy atom. The number of benzene rings is 2. The topological polar surface area (TPSA) is 72.7 Å². The van der Waals surface area contributed by atoms with E-state index in [1.165, 1.54) is 0 Å². The lowest BCUT2D eigenvalue weighted by molar-refractivity contribution is -0.137. The minimum absolute atomic E-state index is 0.00505. The zero-order valence-corrected chi connectivity index (χ0v) is 19.4. The monoisotopic (exact) mass is 523 g/mol. The molecule has 0 aliphatic carbocycles. The van der Waals surface area contributed by atoms with Gasteiger partial charge in [0.2, 0.25) is 5.91 Å².